The fourth-order valence-electron chi connectivity index (χ4n) is 0.510. The van der Waals surface area contributed by atoms with Crippen molar-refractivity contribution in [3.8, 4) is 0 Å². The summed E-state index contributed by atoms with van der Waals surface area (Å²) in [5, 5.41) is 4.19. The van der Waals surface area contributed by atoms with Crippen LogP contribution in [0.2, 0.25) is 0 Å². The molecule has 0 saturated carbocycles. The van der Waals surface area contributed by atoms with Crippen molar-refractivity contribution in [2.24, 2.45) is 5.14 Å². The van der Waals surface area contributed by atoms with E-state index in [1.807, 2.05) is 0 Å². The quantitative estimate of drug-likeness (QED) is 0.492. The molecule has 0 aromatic rings. The van der Waals surface area contributed by atoms with Crippen molar-refractivity contribution in [2.75, 3.05) is 11.5 Å². The Morgan fingerprint density at radius 1 is 1.14 bits per heavy atom. The minimum absolute atomic E-state index is 1.42. The maximum Gasteiger partial charge on any atom is -0.00672 e. The van der Waals surface area contributed by atoms with Gasteiger partial charge in [0.2, 0.25) is 0 Å². The van der Waals surface area contributed by atoms with Crippen LogP contribution in [0.4, 0.5) is 0 Å². The molecule has 1 nitrogen and oxygen atoms in total. The van der Waals surface area contributed by atoms with E-state index in [-0.39, 0.29) is 0 Å². The van der Waals surface area contributed by atoms with Gasteiger partial charge in [-0.2, -0.15) is 11.8 Å². The highest BCUT2D eigenvalue weighted by Gasteiger charge is 1.95. The van der Waals surface area contributed by atoms with Gasteiger partial charge in [0.25, 0.3) is 0 Å². The van der Waals surface area contributed by atoms with Gasteiger partial charge in [-0.25, -0.2) is 0 Å². The average molecular weight is 137 g/mol. The van der Waals surface area contributed by atoms with E-state index in [0.717, 1.165) is 0 Å². The maximum atomic E-state index is 4.19. The van der Waals surface area contributed by atoms with E-state index in [1.165, 1.54) is 24.3 Å². The molecule has 0 aromatic carbocycles. The van der Waals surface area contributed by atoms with E-state index in [1.54, 1.807) is 0 Å². The molecule has 3 heteroatoms. The van der Waals surface area contributed by atoms with Gasteiger partial charge in [0.15, 0.2) is 0 Å². The standard InChI is InChI=1S/C4H8S.H3NS/c1-2-4-5-3-1;1-2/h1-4H2;2H,1H2. The first-order valence-electron chi connectivity index (χ1n) is 2.34. The first-order chi connectivity index (χ1) is 3.50. The van der Waals surface area contributed by atoms with Crippen molar-refractivity contribution in [1.29, 1.82) is 0 Å². The van der Waals surface area contributed by atoms with Crippen LogP contribution >= 0.6 is 24.6 Å². The summed E-state index contributed by atoms with van der Waals surface area (Å²) in [5.41, 5.74) is 0. The first-order valence-corrected chi connectivity index (χ1v) is 4.01. The first kappa shape index (κ1) is 7.66. The second-order valence-corrected chi connectivity index (χ2v) is 2.54. The lowest BCUT2D eigenvalue weighted by molar-refractivity contribution is 0.949. The van der Waals surface area contributed by atoms with Crippen LogP contribution in [0.1, 0.15) is 12.8 Å². The third-order valence-corrected chi connectivity index (χ3v) is 1.98. The minimum Gasteiger partial charge on any atom is -0.281 e. The molecule has 0 radical (unpaired) electrons. The third kappa shape index (κ3) is 4.51. The molecule has 0 atom stereocenters. The van der Waals surface area contributed by atoms with E-state index < -0.39 is 0 Å². The summed E-state index contributed by atoms with van der Waals surface area (Å²) in [4.78, 5) is 0. The zero-order valence-electron chi connectivity index (χ0n) is 4.26. The van der Waals surface area contributed by atoms with Gasteiger partial charge in [-0.05, 0) is 24.3 Å². The van der Waals surface area contributed by atoms with Crippen LogP contribution in [-0.4, -0.2) is 11.5 Å². The average Bonchev–Trinajstić information content (AvgIpc) is 2.23. The maximum absolute atomic E-state index is 4.19. The normalized spacial score (nSPS) is 18.0. The molecular weight excluding hydrogens is 126 g/mol. The number of nitrogens with two attached hydrogens (primary N) is 1. The molecule has 1 heterocycles. The molecule has 1 aliphatic rings. The predicted molar refractivity (Wildman–Crippen MR) is 39.7 cm³/mol. The number of thioether (sulfide) groups is 1. The molecule has 1 aliphatic heterocycles. The van der Waals surface area contributed by atoms with Crippen molar-refractivity contribution in [2.45, 2.75) is 12.8 Å². The summed E-state index contributed by atoms with van der Waals surface area (Å²) >= 11 is 5.10. The van der Waals surface area contributed by atoms with Crippen LogP contribution in [0.25, 0.3) is 0 Å². The lowest BCUT2D eigenvalue weighted by Crippen LogP contribution is -1.58. The van der Waals surface area contributed by atoms with Gasteiger partial charge in [-0.15, -0.1) is 12.8 Å². The molecule has 0 aromatic heterocycles. The topological polar surface area (TPSA) is 26.0 Å². The SMILES string of the molecule is C1CCSC1.NS. The summed E-state index contributed by atoms with van der Waals surface area (Å²) < 4.78 is 0. The number of hydrogen-bond acceptors (Lipinski definition) is 3. The molecule has 1 fully saturated rings. The molecule has 1 rings (SSSR count). The zero-order valence-corrected chi connectivity index (χ0v) is 5.97. The highest BCUT2D eigenvalue weighted by atomic mass is 32.2. The van der Waals surface area contributed by atoms with Gasteiger partial charge in [-0.1, -0.05) is 0 Å². The van der Waals surface area contributed by atoms with E-state index >= 15 is 0 Å². The molecular formula is C4H11NS2. The lowest BCUT2D eigenvalue weighted by Gasteiger charge is -1.69. The van der Waals surface area contributed by atoms with Crippen molar-refractivity contribution < 1.29 is 0 Å². The van der Waals surface area contributed by atoms with E-state index in [0.29, 0.717) is 0 Å². The molecule has 1 saturated heterocycles. The van der Waals surface area contributed by atoms with Crippen LogP contribution in [0.5, 0.6) is 0 Å². The Bertz CT molecular complexity index is 21.3. The Morgan fingerprint density at radius 3 is 1.71 bits per heavy atom. The number of rotatable bonds is 0. The van der Waals surface area contributed by atoms with Gasteiger partial charge in [0, 0.05) is 0 Å². The van der Waals surface area contributed by atoms with Crippen molar-refractivity contribution in [3.63, 3.8) is 0 Å². The van der Waals surface area contributed by atoms with Crippen LogP contribution in [0, 0.1) is 0 Å². The fourth-order valence-corrected chi connectivity index (χ4v) is 1.53. The Hall–Kier alpha value is 0.660. The molecule has 0 amide bonds. The van der Waals surface area contributed by atoms with Crippen LogP contribution in [0.3, 0.4) is 0 Å². The Balaban J connectivity index is 0.000000162. The zero-order chi connectivity index (χ0) is 5.54. The van der Waals surface area contributed by atoms with E-state index in [9.17, 15) is 0 Å². The largest absolute Gasteiger partial charge is 0.281 e. The van der Waals surface area contributed by atoms with Gasteiger partial charge in [0.05, 0.1) is 0 Å². The highest BCUT2D eigenvalue weighted by Crippen LogP contribution is 2.14. The van der Waals surface area contributed by atoms with Crippen molar-refractivity contribution in [3.05, 3.63) is 0 Å². The second-order valence-electron chi connectivity index (χ2n) is 1.32. The number of thiol groups is 1. The number of hydrogen-bond donors (Lipinski definition) is 2. The summed E-state index contributed by atoms with van der Waals surface area (Å²) in [6, 6.07) is 0. The van der Waals surface area contributed by atoms with Gasteiger partial charge >= 0.3 is 0 Å². The van der Waals surface area contributed by atoms with E-state index in [4.69, 9.17) is 0 Å². The molecule has 44 valence electrons. The smallest absolute Gasteiger partial charge is 0.00672 e. The van der Waals surface area contributed by atoms with E-state index in [2.05, 4.69) is 29.7 Å². The lowest BCUT2D eigenvalue weighted by atomic mass is 10.4. The summed E-state index contributed by atoms with van der Waals surface area (Å²) in [7, 11) is 0. The van der Waals surface area contributed by atoms with Gasteiger partial charge < -0.3 is 0 Å². The molecule has 0 unspecified atom stereocenters. The molecule has 0 bridgehead atoms. The predicted octanol–water partition coefficient (Wildman–Crippen LogP) is 1.30. The highest BCUT2D eigenvalue weighted by molar-refractivity contribution is 7.99. The molecule has 2 N–H and O–H groups in total. The monoisotopic (exact) mass is 137 g/mol. The minimum atomic E-state index is 1.42. The molecule has 0 spiro atoms. The second kappa shape index (κ2) is 6.66. The summed E-state index contributed by atoms with van der Waals surface area (Å²) in [5.74, 6) is 2.83. The van der Waals surface area contributed by atoms with Crippen LogP contribution < -0.4 is 5.14 Å². The summed E-state index contributed by atoms with van der Waals surface area (Å²) in [6.07, 6.45) is 2.93. The third-order valence-electron chi connectivity index (χ3n) is 0.827. The molecule has 7 heavy (non-hydrogen) atoms. The molecule has 0 aliphatic carbocycles. The van der Waals surface area contributed by atoms with Gasteiger partial charge in [-0.3, -0.25) is 5.14 Å². The fraction of sp³-hybridized carbons (Fsp3) is 1.00. The van der Waals surface area contributed by atoms with Gasteiger partial charge in [0.1, 0.15) is 0 Å². The van der Waals surface area contributed by atoms with Crippen LogP contribution in [-0.2, 0) is 0 Å². The summed E-state index contributed by atoms with van der Waals surface area (Å²) in [6.45, 7) is 0. The Kier molecular flexibility index (Phi) is 7.29. The Labute approximate surface area is 54.6 Å². The van der Waals surface area contributed by atoms with Crippen molar-refractivity contribution in [1.82, 2.24) is 0 Å². The van der Waals surface area contributed by atoms with Crippen molar-refractivity contribution >= 4 is 24.6 Å². The Morgan fingerprint density at radius 2 is 1.57 bits per heavy atom. The van der Waals surface area contributed by atoms with Crippen LogP contribution in [0.15, 0.2) is 0 Å².